The molecule has 1 aliphatic heterocycles. The number of nitrogens with zero attached hydrogens (tertiary/aromatic N) is 1. The molecule has 3 rings (SSSR count). The first-order valence-corrected chi connectivity index (χ1v) is 6.33. The number of amides is 2. The Morgan fingerprint density at radius 3 is 2.52 bits per heavy atom. The Labute approximate surface area is 119 Å². The zero-order valence-electron chi connectivity index (χ0n) is 10.9. The second-order valence-corrected chi connectivity index (χ2v) is 4.48. The van der Waals surface area contributed by atoms with E-state index < -0.39 is 24.0 Å². The summed E-state index contributed by atoms with van der Waals surface area (Å²) in [6.45, 7) is 0. The average Bonchev–Trinajstić information content (AvgIpc) is 3.01. The van der Waals surface area contributed by atoms with Crippen LogP contribution >= 0.6 is 0 Å². The van der Waals surface area contributed by atoms with Gasteiger partial charge < -0.3 is 9.15 Å². The Hall–Kier alpha value is -2.89. The topological polar surface area (TPSA) is 76.8 Å². The molecule has 0 radical (unpaired) electrons. The molecule has 0 N–H and O–H groups in total. The second-order valence-electron chi connectivity index (χ2n) is 4.48. The molecule has 0 spiro atoms. The minimum atomic E-state index is -0.886. The number of furan rings is 1. The third-order valence-corrected chi connectivity index (χ3v) is 3.11. The van der Waals surface area contributed by atoms with Crippen molar-refractivity contribution < 1.29 is 23.5 Å². The molecule has 0 saturated carbocycles. The van der Waals surface area contributed by atoms with Gasteiger partial charge in [0.1, 0.15) is 0 Å². The van der Waals surface area contributed by atoms with E-state index in [1.807, 2.05) is 0 Å². The monoisotopic (exact) mass is 285 g/mol. The molecular formula is C15H11NO5. The molecule has 2 heterocycles. The lowest BCUT2D eigenvalue weighted by Gasteiger charge is -2.36. The van der Waals surface area contributed by atoms with E-state index in [0.717, 1.165) is 4.90 Å². The molecule has 1 saturated heterocycles. The highest BCUT2D eigenvalue weighted by atomic mass is 16.6. The van der Waals surface area contributed by atoms with Gasteiger partial charge in [-0.2, -0.15) is 0 Å². The smallest absolute Gasteiger partial charge is 0.340 e. The number of esters is 1. The van der Waals surface area contributed by atoms with Gasteiger partial charge in [-0.25, -0.2) is 9.69 Å². The molecule has 2 amide bonds. The summed E-state index contributed by atoms with van der Waals surface area (Å²) in [6, 6.07) is 11.4. The number of β-lactam (4-membered cyclic amide) rings is 1. The number of hydrogen-bond donors (Lipinski definition) is 0. The maximum Gasteiger partial charge on any atom is 0.340 e. The molecule has 6 nitrogen and oxygen atoms in total. The van der Waals surface area contributed by atoms with Crippen LogP contribution in [0.4, 0.5) is 0 Å². The molecule has 1 aromatic carbocycles. The van der Waals surface area contributed by atoms with E-state index in [1.165, 1.54) is 12.3 Å². The van der Waals surface area contributed by atoms with Crippen molar-refractivity contribution in [2.24, 2.45) is 0 Å². The Morgan fingerprint density at radius 1 is 1.14 bits per heavy atom. The van der Waals surface area contributed by atoms with Crippen LogP contribution in [0.5, 0.6) is 0 Å². The number of rotatable bonds is 3. The van der Waals surface area contributed by atoms with Crippen molar-refractivity contribution in [2.45, 2.75) is 12.6 Å². The quantitative estimate of drug-likeness (QED) is 0.488. The Bertz CT molecular complexity index is 677. The maximum absolute atomic E-state index is 12.0. The van der Waals surface area contributed by atoms with Gasteiger partial charge in [-0.1, -0.05) is 18.2 Å². The molecule has 1 fully saturated rings. The summed E-state index contributed by atoms with van der Waals surface area (Å²) in [4.78, 5) is 36.4. The van der Waals surface area contributed by atoms with Gasteiger partial charge in [0.25, 0.3) is 5.91 Å². The first-order chi connectivity index (χ1) is 10.2. The highest BCUT2D eigenvalue weighted by Crippen LogP contribution is 2.24. The highest BCUT2D eigenvalue weighted by molar-refractivity contribution is 6.07. The fourth-order valence-corrected chi connectivity index (χ4v) is 2.01. The largest absolute Gasteiger partial charge is 0.459 e. The first-order valence-electron chi connectivity index (χ1n) is 6.33. The minimum Gasteiger partial charge on any atom is -0.459 e. The standard InChI is InChI=1S/C15H11NO5/c17-12-9-13(16(12)14(18)11-7-4-8-20-11)21-15(19)10-5-2-1-3-6-10/h1-8,13H,9H2. The van der Waals surface area contributed by atoms with Gasteiger partial charge in [-0.05, 0) is 24.3 Å². The summed E-state index contributed by atoms with van der Waals surface area (Å²) in [7, 11) is 0. The summed E-state index contributed by atoms with van der Waals surface area (Å²) in [6.07, 6.45) is 0.441. The third-order valence-electron chi connectivity index (χ3n) is 3.11. The lowest BCUT2D eigenvalue weighted by Crippen LogP contribution is -2.57. The molecule has 106 valence electrons. The van der Waals surface area contributed by atoms with E-state index in [9.17, 15) is 14.4 Å². The van der Waals surface area contributed by atoms with Crippen LogP contribution in [0.15, 0.2) is 53.1 Å². The predicted molar refractivity (Wildman–Crippen MR) is 70.1 cm³/mol. The van der Waals surface area contributed by atoms with Crippen LogP contribution in [-0.4, -0.2) is 28.9 Å². The summed E-state index contributed by atoms with van der Waals surface area (Å²) >= 11 is 0. The number of hydrogen-bond acceptors (Lipinski definition) is 5. The van der Waals surface area contributed by atoms with E-state index in [0.29, 0.717) is 5.56 Å². The Balaban J connectivity index is 1.70. The van der Waals surface area contributed by atoms with Crippen LogP contribution in [0.1, 0.15) is 27.3 Å². The van der Waals surface area contributed by atoms with E-state index in [1.54, 1.807) is 36.4 Å². The molecule has 0 aliphatic carbocycles. The third kappa shape index (κ3) is 2.43. The number of likely N-dealkylation sites (tertiary alicyclic amines) is 1. The van der Waals surface area contributed by atoms with Crippen molar-refractivity contribution in [1.82, 2.24) is 4.90 Å². The van der Waals surface area contributed by atoms with Crippen LogP contribution in [0.2, 0.25) is 0 Å². The van der Waals surface area contributed by atoms with Crippen LogP contribution in [-0.2, 0) is 9.53 Å². The van der Waals surface area contributed by atoms with Gasteiger partial charge in [0.15, 0.2) is 12.0 Å². The van der Waals surface area contributed by atoms with Gasteiger partial charge in [-0.15, -0.1) is 0 Å². The lowest BCUT2D eigenvalue weighted by atomic mass is 10.1. The van der Waals surface area contributed by atoms with Gasteiger partial charge in [0, 0.05) is 0 Å². The van der Waals surface area contributed by atoms with Crippen molar-refractivity contribution in [3.05, 3.63) is 60.1 Å². The van der Waals surface area contributed by atoms with E-state index in [2.05, 4.69) is 0 Å². The molecule has 1 atom stereocenters. The predicted octanol–water partition coefficient (Wildman–Crippen LogP) is 1.84. The molecule has 1 unspecified atom stereocenters. The Morgan fingerprint density at radius 2 is 1.90 bits per heavy atom. The molecular weight excluding hydrogens is 274 g/mol. The number of ether oxygens (including phenoxy) is 1. The van der Waals surface area contributed by atoms with Crippen molar-refractivity contribution in [2.75, 3.05) is 0 Å². The number of imide groups is 1. The van der Waals surface area contributed by atoms with Crippen LogP contribution < -0.4 is 0 Å². The van der Waals surface area contributed by atoms with Crippen molar-refractivity contribution in [3.63, 3.8) is 0 Å². The average molecular weight is 285 g/mol. The van der Waals surface area contributed by atoms with E-state index >= 15 is 0 Å². The zero-order valence-corrected chi connectivity index (χ0v) is 10.9. The Kier molecular flexibility index (Phi) is 3.27. The van der Waals surface area contributed by atoms with Gasteiger partial charge in [0.05, 0.1) is 18.2 Å². The molecule has 1 aromatic heterocycles. The SMILES string of the molecule is O=C(OC1CC(=O)N1C(=O)c1ccco1)c1ccccc1. The zero-order chi connectivity index (χ0) is 14.8. The van der Waals surface area contributed by atoms with Crippen LogP contribution in [0, 0.1) is 0 Å². The molecule has 2 aromatic rings. The molecule has 1 aliphatic rings. The minimum absolute atomic E-state index is 0.00891. The number of carbonyl (C=O) groups excluding carboxylic acids is 3. The lowest BCUT2D eigenvalue weighted by molar-refractivity contribution is -0.157. The number of carbonyl (C=O) groups is 3. The maximum atomic E-state index is 12.0. The molecule has 21 heavy (non-hydrogen) atoms. The first kappa shape index (κ1) is 13.1. The fourth-order valence-electron chi connectivity index (χ4n) is 2.01. The number of benzene rings is 1. The van der Waals surface area contributed by atoms with Gasteiger partial charge in [-0.3, -0.25) is 9.59 Å². The van der Waals surface area contributed by atoms with E-state index in [-0.39, 0.29) is 12.2 Å². The summed E-state index contributed by atoms with van der Waals surface area (Å²) in [5, 5.41) is 0. The normalized spacial score (nSPS) is 17.2. The van der Waals surface area contributed by atoms with Gasteiger partial charge in [0.2, 0.25) is 5.91 Å². The van der Waals surface area contributed by atoms with E-state index in [4.69, 9.17) is 9.15 Å². The van der Waals surface area contributed by atoms with Crippen LogP contribution in [0.3, 0.4) is 0 Å². The summed E-state index contributed by atoms with van der Waals surface area (Å²) < 4.78 is 10.1. The summed E-state index contributed by atoms with van der Waals surface area (Å²) in [5.41, 5.74) is 0.363. The summed E-state index contributed by atoms with van der Waals surface area (Å²) in [5.74, 6) is -1.56. The van der Waals surface area contributed by atoms with Crippen molar-refractivity contribution in [3.8, 4) is 0 Å². The van der Waals surface area contributed by atoms with Crippen molar-refractivity contribution >= 4 is 17.8 Å². The molecule has 6 heteroatoms. The highest BCUT2D eigenvalue weighted by Gasteiger charge is 2.44. The van der Waals surface area contributed by atoms with Crippen LogP contribution in [0.25, 0.3) is 0 Å². The van der Waals surface area contributed by atoms with Gasteiger partial charge >= 0.3 is 5.97 Å². The fraction of sp³-hybridized carbons (Fsp3) is 0.133. The van der Waals surface area contributed by atoms with Crippen molar-refractivity contribution in [1.29, 1.82) is 0 Å². The molecule has 0 bridgehead atoms. The second kappa shape index (κ2) is 5.24.